The average Bonchev–Trinajstić information content (AvgIpc) is 3.28. The van der Waals surface area contributed by atoms with Crippen molar-refractivity contribution < 1.29 is 23.1 Å². The summed E-state index contributed by atoms with van der Waals surface area (Å²) < 4.78 is 30.0. The van der Waals surface area contributed by atoms with Gasteiger partial charge in [0.15, 0.2) is 0 Å². The Hall–Kier alpha value is -1.16. The molecule has 0 unspecified atom stereocenters. The lowest BCUT2D eigenvalue weighted by Crippen LogP contribution is -2.17. The monoisotopic (exact) mass is 352 g/mol. The third-order valence-corrected chi connectivity index (χ3v) is 6.67. The van der Waals surface area contributed by atoms with Crippen molar-refractivity contribution in [2.75, 3.05) is 7.11 Å². The van der Waals surface area contributed by atoms with E-state index in [1.54, 1.807) is 31.4 Å². The topological polar surface area (TPSA) is 61.8 Å². The Bertz CT molecular complexity index is 578. The minimum Gasteiger partial charge on any atom is -0.497 e. The first kappa shape index (κ1) is 17.7. The first-order valence-corrected chi connectivity index (χ1v) is 10.3. The number of ether oxygens (including phenoxy) is 1. The van der Waals surface area contributed by atoms with Crippen LogP contribution in [0, 0.1) is 0 Å². The summed E-state index contributed by atoms with van der Waals surface area (Å²) in [6, 6.07) is 6.60. The van der Waals surface area contributed by atoms with Crippen LogP contribution in [-0.2, 0) is 13.6 Å². The van der Waals surface area contributed by atoms with Gasteiger partial charge in [-0.1, -0.05) is 25.7 Å². The van der Waals surface area contributed by atoms with E-state index in [1.807, 2.05) is 0 Å². The Morgan fingerprint density at radius 1 is 0.917 bits per heavy atom. The molecule has 1 aromatic carbocycles. The molecule has 0 spiro atoms. The number of benzene rings is 1. The van der Waals surface area contributed by atoms with E-state index in [2.05, 4.69) is 0 Å². The second-order valence-electron chi connectivity index (χ2n) is 6.55. The van der Waals surface area contributed by atoms with E-state index >= 15 is 0 Å². The van der Waals surface area contributed by atoms with Gasteiger partial charge in [0.05, 0.1) is 19.3 Å². The maximum Gasteiger partial charge on any atom is 0.402 e. The van der Waals surface area contributed by atoms with Gasteiger partial charge in [0.2, 0.25) is 0 Å². The minimum atomic E-state index is -3.83. The highest BCUT2D eigenvalue weighted by molar-refractivity contribution is 7.72. The van der Waals surface area contributed by atoms with Gasteiger partial charge in [-0.15, -0.1) is 0 Å². The van der Waals surface area contributed by atoms with E-state index in [4.69, 9.17) is 13.8 Å². The number of carbonyl (C=O) groups excluding carboxylic acids is 1. The van der Waals surface area contributed by atoms with E-state index in [0.29, 0.717) is 11.3 Å². The zero-order valence-electron chi connectivity index (χ0n) is 14.1. The van der Waals surface area contributed by atoms with Gasteiger partial charge in [0, 0.05) is 5.56 Å². The summed E-state index contributed by atoms with van der Waals surface area (Å²) in [6.45, 7) is 0. The lowest BCUT2D eigenvalue weighted by atomic mass is 10.2. The third kappa shape index (κ3) is 4.08. The van der Waals surface area contributed by atoms with Crippen molar-refractivity contribution in [3.63, 3.8) is 0 Å². The van der Waals surface area contributed by atoms with E-state index < -0.39 is 13.1 Å². The van der Waals surface area contributed by atoms with Crippen molar-refractivity contribution in [1.29, 1.82) is 0 Å². The summed E-state index contributed by atoms with van der Waals surface area (Å²) in [5.41, 5.74) is -0.195. The van der Waals surface area contributed by atoms with E-state index in [0.717, 1.165) is 51.4 Å². The Morgan fingerprint density at radius 3 is 1.79 bits per heavy atom. The van der Waals surface area contributed by atoms with Crippen molar-refractivity contribution in [2.24, 2.45) is 0 Å². The zero-order valence-corrected chi connectivity index (χ0v) is 15.0. The molecular weight excluding hydrogens is 327 g/mol. The second-order valence-corrected chi connectivity index (χ2v) is 8.38. The van der Waals surface area contributed by atoms with E-state index in [9.17, 15) is 9.36 Å². The lowest BCUT2D eigenvalue weighted by Gasteiger charge is -2.24. The normalized spacial score (nSPS) is 19.7. The molecule has 2 aliphatic rings. The van der Waals surface area contributed by atoms with Crippen molar-refractivity contribution in [3.05, 3.63) is 29.8 Å². The average molecular weight is 352 g/mol. The predicted octanol–water partition coefficient (Wildman–Crippen LogP) is 4.95. The van der Waals surface area contributed by atoms with Crippen molar-refractivity contribution in [3.8, 4) is 5.75 Å². The van der Waals surface area contributed by atoms with Gasteiger partial charge in [-0.05, 0) is 49.9 Å². The van der Waals surface area contributed by atoms with Crippen LogP contribution in [0.4, 0.5) is 0 Å². The summed E-state index contributed by atoms with van der Waals surface area (Å²) in [5.74, 6) is 0.648. The van der Waals surface area contributed by atoms with Crippen molar-refractivity contribution in [1.82, 2.24) is 0 Å². The van der Waals surface area contributed by atoms with Gasteiger partial charge in [-0.3, -0.25) is 18.4 Å². The molecule has 6 heteroatoms. The molecule has 2 aliphatic carbocycles. The molecule has 0 saturated heterocycles. The molecular formula is C18H25O5P. The molecule has 0 aromatic heterocycles. The van der Waals surface area contributed by atoms with Crippen LogP contribution in [0.1, 0.15) is 61.7 Å². The quantitative estimate of drug-likeness (QED) is 0.650. The molecule has 2 saturated carbocycles. The van der Waals surface area contributed by atoms with Crippen LogP contribution < -0.4 is 4.74 Å². The van der Waals surface area contributed by atoms with Gasteiger partial charge < -0.3 is 4.74 Å². The van der Waals surface area contributed by atoms with Crippen LogP contribution >= 0.6 is 7.60 Å². The lowest BCUT2D eigenvalue weighted by molar-refractivity contribution is 0.0864. The van der Waals surface area contributed by atoms with Crippen molar-refractivity contribution >= 4 is 13.1 Å². The van der Waals surface area contributed by atoms with E-state index in [1.165, 1.54) is 0 Å². The molecule has 2 fully saturated rings. The SMILES string of the molecule is COc1ccc(C(=O)P(=O)(OC2CCCC2)OC2CCCC2)cc1. The number of carbonyl (C=O) groups is 1. The minimum absolute atomic E-state index is 0.139. The van der Waals surface area contributed by atoms with Crippen LogP contribution in [0.15, 0.2) is 24.3 Å². The van der Waals surface area contributed by atoms with Crippen LogP contribution in [0.2, 0.25) is 0 Å². The highest BCUT2D eigenvalue weighted by atomic mass is 31.2. The molecule has 0 heterocycles. The smallest absolute Gasteiger partial charge is 0.402 e. The highest BCUT2D eigenvalue weighted by Crippen LogP contribution is 2.56. The number of hydrogen-bond acceptors (Lipinski definition) is 5. The Kier molecular flexibility index (Phi) is 5.75. The Morgan fingerprint density at radius 2 is 1.38 bits per heavy atom. The summed E-state index contributed by atoms with van der Waals surface area (Å²) in [5, 5.41) is 0. The Labute approximate surface area is 143 Å². The maximum absolute atomic E-state index is 13.4. The van der Waals surface area contributed by atoms with Gasteiger partial charge in [0.25, 0.3) is 5.52 Å². The summed E-state index contributed by atoms with van der Waals surface area (Å²) >= 11 is 0. The number of hydrogen-bond donors (Lipinski definition) is 0. The van der Waals surface area contributed by atoms with Gasteiger partial charge in [-0.25, -0.2) is 0 Å². The van der Waals surface area contributed by atoms with Gasteiger partial charge in [0.1, 0.15) is 5.75 Å². The van der Waals surface area contributed by atoms with Crippen LogP contribution in [0.25, 0.3) is 0 Å². The van der Waals surface area contributed by atoms with E-state index in [-0.39, 0.29) is 12.2 Å². The zero-order chi connectivity index (χ0) is 17.0. The second kappa shape index (κ2) is 7.81. The molecule has 3 rings (SSSR count). The first-order valence-electron chi connectivity index (χ1n) is 8.76. The maximum atomic E-state index is 13.4. The van der Waals surface area contributed by atoms with Gasteiger partial charge in [-0.2, -0.15) is 0 Å². The summed E-state index contributed by atoms with van der Waals surface area (Å²) in [4.78, 5) is 12.9. The molecule has 0 radical (unpaired) electrons. The molecule has 5 nitrogen and oxygen atoms in total. The molecule has 0 N–H and O–H groups in total. The molecule has 0 aliphatic heterocycles. The molecule has 1 aromatic rings. The highest BCUT2D eigenvalue weighted by Gasteiger charge is 2.41. The van der Waals surface area contributed by atoms with Gasteiger partial charge >= 0.3 is 7.60 Å². The molecule has 132 valence electrons. The molecule has 0 atom stereocenters. The predicted molar refractivity (Wildman–Crippen MR) is 91.6 cm³/mol. The fraction of sp³-hybridized carbons (Fsp3) is 0.611. The fourth-order valence-electron chi connectivity index (χ4n) is 3.39. The first-order chi connectivity index (χ1) is 11.6. The number of methoxy groups -OCH3 is 1. The fourth-order valence-corrected chi connectivity index (χ4v) is 5.31. The van der Waals surface area contributed by atoms with Crippen molar-refractivity contribution in [2.45, 2.75) is 63.6 Å². The van der Waals surface area contributed by atoms with Crippen LogP contribution in [-0.4, -0.2) is 24.8 Å². The molecule has 0 amide bonds. The third-order valence-electron chi connectivity index (χ3n) is 4.77. The molecule has 0 bridgehead atoms. The largest absolute Gasteiger partial charge is 0.497 e. The molecule has 24 heavy (non-hydrogen) atoms. The Balaban J connectivity index is 1.80. The summed E-state index contributed by atoms with van der Waals surface area (Å²) in [6.07, 6.45) is 7.27. The standard InChI is InChI=1S/C18H25O5P/c1-21-15-12-10-14(11-13-15)18(19)24(20,22-16-6-2-3-7-16)23-17-8-4-5-9-17/h10-13,16-17H,2-9H2,1H3. The van der Waals surface area contributed by atoms with Crippen LogP contribution in [0.3, 0.4) is 0 Å². The number of rotatable bonds is 7. The van der Waals surface area contributed by atoms with Crippen LogP contribution in [0.5, 0.6) is 5.75 Å². The summed E-state index contributed by atoms with van der Waals surface area (Å²) in [7, 11) is -2.27.